The van der Waals surface area contributed by atoms with Crippen molar-refractivity contribution >= 4 is 22.9 Å². The maximum Gasteiger partial charge on any atom is 0.241 e. The van der Waals surface area contributed by atoms with Crippen molar-refractivity contribution in [3.8, 4) is 11.5 Å². The molecule has 0 saturated carbocycles. The Bertz CT molecular complexity index is 884. The van der Waals surface area contributed by atoms with E-state index in [1.54, 1.807) is 11.3 Å². The second kappa shape index (κ2) is 9.56. The van der Waals surface area contributed by atoms with Crippen molar-refractivity contribution in [2.45, 2.75) is 38.1 Å². The minimum atomic E-state index is -0.229. The molecule has 5 rings (SSSR count). The standard InChI is InChI=1S/C23H28N2O5S/c26-22(16-24-8-2-1-5-19(24)23-29-11-12-30-23)25(15-18-4-3-13-31-18)17-6-7-20-21(14-17)28-10-9-27-20/h3-4,6-7,13-14,19,23H,1-2,5,8-12,15-16H2. The Balaban J connectivity index is 1.37. The van der Waals surface area contributed by atoms with E-state index in [9.17, 15) is 4.79 Å². The Morgan fingerprint density at radius 2 is 1.90 bits per heavy atom. The van der Waals surface area contributed by atoms with Crippen LogP contribution in [0.1, 0.15) is 24.1 Å². The number of benzene rings is 1. The molecule has 8 heteroatoms. The highest BCUT2D eigenvalue weighted by atomic mass is 32.1. The number of carbonyl (C=O) groups is 1. The molecule has 0 bridgehead atoms. The molecule has 0 spiro atoms. The fourth-order valence-corrected chi connectivity index (χ4v) is 5.15. The summed E-state index contributed by atoms with van der Waals surface area (Å²) in [6.07, 6.45) is 2.99. The van der Waals surface area contributed by atoms with Crippen LogP contribution in [0.4, 0.5) is 5.69 Å². The quantitative estimate of drug-likeness (QED) is 0.682. The van der Waals surface area contributed by atoms with Crippen molar-refractivity contribution < 1.29 is 23.7 Å². The summed E-state index contributed by atoms with van der Waals surface area (Å²) in [6.45, 7) is 4.08. The van der Waals surface area contributed by atoms with E-state index >= 15 is 0 Å². The summed E-state index contributed by atoms with van der Waals surface area (Å²) in [5.41, 5.74) is 0.824. The van der Waals surface area contributed by atoms with E-state index in [2.05, 4.69) is 11.0 Å². The predicted molar refractivity (Wildman–Crippen MR) is 118 cm³/mol. The van der Waals surface area contributed by atoms with Crippen molar-refractivity contribution in [1.29, 1.82) is 0 Å². The predicted octanol–water partition coefficient (Wildman–Crippen LogP) is 3.28. The number of anilines is 1. The van der Waals surface area contributed by atoms with Gasteiger partial charge < -0.3 is 23.8 Å². The zero-order valence-corrected chi connectivity index (χ0v) is 18.4. The topological polar surface area (TPSA) is 60.5 Å². The first-order chi connectivity index (χ1) is 15.3. The van der Waals surface area contributed by atoms with Gasteiger partial charge in [0.2, 0.25) is 5.91 Å². The third kappa shape index (κ3) is 4.72. The van der Waals surface area contributed by atoms with Gasteiger partial charge in [-0.3, -0.25) is 9.69 Å². The van der Waals surface area contributed by atoms with Gasteiger partial charge in [-0.1, -0.05) is 12.5 Å². The van der Waals surface area contributed by atoms with Crippen LogP contribution in [0.3, 0.4) is 0 Å². The molecule has 0 N–H and O–H groups in total. The number of hydrogen-bond donors (Lipinski definition) is 0. The van der Waals surface area contributed by atoms with E-state index in [0.717, 1.165) is 42.1 Å². The average Bonchev–Trinajstić information content (AvgIpc) is 3.52. The second-order valence-electron chi connectivity index (χ2n) is 8.03. The van der Waals surface area contributed by atoms with Crippen molar-refractivity contribution in [1.82, 2.24) is 4.90 Å². The third-order valence-electron chi connectivity index (χ3n) is 6.00. The average molecular weight is 445 g/mol. The van der Waals surface area contributed by atoms with Gasteiger partial charge >= 0.3 is 0 Å². The number of likely N-dealkylation sites (tertiary alicyclic amines) is 1. The monoisotopic (exact) mass is 444 g/mol. The minimum Gasteiger partial charge on any atom is -0.486 e. The fourth-order valence-electron chi connectivity index (χ4n) is 4.46. The number of ether oxygens (including phenoxy) is 4. The molecule has 2 fully saturated rings. The first-order valence-electron chi connectivity index (χ1n) is 11.0. The fraction of sp³-hybridized carbons (Fsp3) is 0.522. The van der Waals surface area contributed by atoms with E-state index in [1.807, 2.05) is 34.5 Å². The zero-order valence-electron chi connectivity index (χ0n) is 17.5. The molecule has 2 saturated heterocycles. The summed E-state index contributed by atoms with van der Waals surface area (Å²) in [7, 11) is 0. The Kier molecular flexibility index (Phi) is 6.40. The van der Waals surface area contributed by atoms with Crippen LogP contribution in [0.2, 0.25) is 0 Å². The molecule has 4 heterocycles. The van der Waals surface area contributed by atoms with Gasteiger partial charge in [-0.15, -0.1) is 11.3 Å². The zero-order chi connectivity index (χ0) is 21.0. The number of nitrogens with zero attached hydrogens (tertiary/aromatic N) is 2. The van der Waals surface area contributed by atoms with E-state index in [-0.39, 0.29) is 18.2 Å². The SMILES string of the molecule is O=C(CN1CCCCC1C1OCCO1)N(Cc1cccs1)c1ccc2c(c1)OCCO2. The number of carbonyl (C=O) groups excluding carboxylic acids is 1. The number of thiophene rings is 1. The lowest BCUT2D eigenvalue weighted by Crippen LogP contribution is -2.51. The van der Waals surface area contributed by atoms with Gasteiger partial charge in [0, 0.05) is 16.6 Å². The van der Waals surface area contributed by atoms with Gasteiger partial charge in [0.15, 0.2) is 17.8 Å². The molecule has 3 aliphatic rings. The van der Waals surface area contributed by atoms with Crippen molar-refractivity contribution in [2.24, 2.45) is 0 Å². The van der Waals surface area contributed by atoms with E-state index in [0.29, 0.717) is 45.3 Å². The van der Waals surface area contributed by atoms with Crippen LogP contribution in [0.15, 0.2) is 35.7 Å². The molecule has 3 aliphatic heterocycles. The van der Waals surface area contributed by atoms with Crippen molar-refractivity contribution in [3.63, 3.8) is 0 Å². The lowest BCUT2D eigenvalue weighted by molar-refractivity contribution is -0.129. The summed E-state index contributed by atoms with van der Waals surface area (Å²) < 4.78 is 23.0. The van der Waals surface area contributed by atoms with Crippen LogP contribution < -0.4 is 14.4 Å². The molecule has 1 atom stereocenters. The second-order valence-corrected chi connectivity index (χ2v) is 9.06. The van der Waals surface area contributed by atoms with Crippen LogP contribution in [0, 0.1) is 0 Å². The number of piperidine rings is 1. The molecule has 1 amide bonds. The molecule has 0 aliphatic carbocycles. The largest absolute Gasteiger partial charge is 0.486 e. The van der Waals surface area contributed by atoms with Gasteiger partial charge in [0.1, 0.15) is 13.2 Å². The van der Waals surface area contributed by atoms with Gasteiger partial charge in [0.25, 0.3) is 0 Å². The summed E-state index contributed by atoms with van der Waals surface area (Å²) >= 11 is 1.66. The summed E-state index contributed by atoms with van der Waals surface area (Å²) in [5.74, 6) is 1.48. The number of hydrogen-bond acceptors (Lipinski definition) is 7. The number of fused-ring (bicyclic) bond motifs is 1. The Morgan fingerprint density at radius 3 is 2.71 bits per heavy atom. The highest BCUT2D eigenvalue weighted by Gasteiger charge is 2.35. The smallest absolute Gasteiger partial charge is 0.241 e. The Hall–Kier alpha value is -2.13. The van der Waals surface area contributed by atoms with Crippen molar-refractivity contribution in [2.75, 3.05) is 44.4 Å². The molecule has 166 valence electrons. The van der Waals surface area contributed by atoms with Crippen LogP contribution in [-0.2, 0) is 20.8 Å². The van der Waals surface area contributed by atoms with E-state index in [4.69, 9.17) is 18.9 Å². The lowest BCUT2D eigenvalue weighted by Gasteiger charge is -2.38. The lowest BCUT2D eigenvalue weighted by atomic mass is 10.0. The van der Waals surface area contributed by atoms with Gasteiger partial charge in [0.05, 0.1) is 32.3 Å². The van der Waals surface area contributed by atoms with Crippen LogP contribution in [-0.4, -0.2) is 62.7 Å². The third-order valence-corrected chi connectivity index (χ3v) is 6.86. The highest BCUT2D eigenvalue weighted by molar-refractivity contribution is 7.09. The summed E-state index contributed by atoms with van der Waals surface area (Å²) in [4.78, 5) is 18.8. The first kappa shape index (κ1) is 20.8. The summed E-state index contributed by atoms with van der Waals surface area (Å²) in [6, 6.07) is 9.95. The molecular weight excluding hydrogens is 416 g/mol. The molecule has 0 radical (unpaired) electrons. The van der Waals surface area contributed by atoms with E-state index in [1.165, 1.54) is 0 Å². The molecule has 31 heavy (non-hydrogen) atoms. The normalized spacial score (nSPS) is 21.9. The van der Waals surface area contributed by atoms with Crippen LogP contribution in [0.25, 0.3) is 0 Å². The Morgan fingerprint density at radius 1 is 1.06 bits per heavy atom. The number of amides is 1. The highest BCUT2D eigenvalue weighted by Crippen LogP contribution is 2.35. The van der Waals surface area contributed by atoms with Gasteiger partial charge in [-0.05, 0) is 43.0 Å². The van der Waals surface area contributed by atoms with Crippen LogP contribution >= 0.6 is 11.3 Å². The first-order valence-corrected chi connectivity index (χ1v) is 11.9. The van der Waals surface area contributed by atoms with Crippen LogP contribution in [0.5, 0.6) is 11.5 Å². The maximum absolute atomic E-state index is 13.6. The molecular formula is C23H28N2O5S. The Labute approximate surface area is 186 Å². The minimum absolute atomic E-state index is 0.0648. The molecule has 1 unspecified atom stereocenters. The maximum atomic E-state index is 13.6. The molecule has 1 aromatic heterocycles. The van der Waals surface area contributed by atoms with E-state index < -0.39 is 0 Å². The summed E-state index contributed by atoms with van der Waals surface area (Å²) in [5, 5.41) is 2.04. The molecule has 2 aromatic rings. The number of rotatable bonds is 6. The molecule has 1 aromatic carbocycles. The van der Waals surface area contributed by atoms with Gasteiger partial charge in [-0.25, -0.2) is 0 Å². The van der Waals surface area contributed by atoms with Gasteiger partial charge in [-0.2, -0.15) is 0 Å². The van der Waals surface area contributed by atoms with Crippen molar-refractivity contribution in [3.05, 3.63) is 40.6 Å². The molecule has 7 nitrogen and oxygen atoms in total.